The van der Waals surface area contributed by atoms with Gasteiger partial charge in [0, 0.05) is 12.6 Å². The van der Waals surface area contributed by atoms with Crippen molar-refractivity contribution in [3.63, 3.8) is 0 Å². The van der Waals surface area contributed by atoms with Crippen LogP contribution in [0, 0.1) is 0 Å². The molecule has 110 valence electrons. The van der Waals surface area contributed by atoms with E-state index < -0.39 is 6.10 Å². The van der Waals surface area contributed by atoms with Crippen molar-refractivity contribution in [1.82, 2.24) is 5.32 Å². The third-order valence-corrected chi connectivity index (χ3v) is 3.37. The van der Waals surface area contributed by atoms with Crippen LogP contribution in [-0.4, -0.2) is 17.7 Å². The number of hydrogen-bond donors (Lipinski definition) is 2. The van der Waals surface area contributed by atoms with Gasteiger partial charge in [0.15, 0.2) is 0 Å². The summed E-state index contributed by atoms with van der Waals surface area (Å²) in [7, 11) is 0. The molecule has 2 N–H and O–H groups in total. The Bertz CT molecular complexity index is 561. The van der Waals surface area contributed by atoms with E-state index >= 15 is 0 Å². The number of benzene rings is 2. The lowest BCUT2D eigenvalue weighted by Crippen LogP contribution is -2.22. The summed E-state index contributed by atoms with van der Waals surface area (Å²) < 4.78 is 0. The van der Waals surface area contributed by atoms with Crippen LogP contribution >= 0.6 is 0 Å². The molecule has 2 nitrogen and oxygen atoms in total. The van der Waals surface area contributed by atoms with E-state index in [0.29, 0.717) is 6.04 Å². The van der Waals surface area contributed by atoms with E-state index in [1.54, 1.807) is 0 Å². The molecule has 0 aliphatic rings. The Kier molecular flexibility index (Phi) is 5.73. The van der Waals surface area contributed by atoms with Crippen LogP contribution in [0.4, 0.5) is 0 Å². The van der Waals surface area contributed by atoms with E-state index in [1.165, 1.54) is 0 Å². The summed E-state index contributed by atoms with van der Waals surface area (Å²) in [6, 6.07) is 20.3. The van der Waals surface area contributed by atoms with E-state index in [9.17, 15) is 5.11 Å². The molecule has 0 amide bonds. The van der Waals surface area contributed by atoms with Gasteiger partial charge in [-0.15, -0.1) is 0 Å². The maximum atomic E-state index is 10.7. The predicted molar refractivity (Wildman–Crippen MR) is 89.0 cm³/mol. The molecule has 1 unspecified atom stereocenters. The highest BCUT2D eigenvalue weighted by Gasteiger charge is 2.14. The summed E-state index contributed by atoms with van der Waals surface area (Å²) in [5.41, 5.74) is 2.91. The maximum Gasteiger partial charge on any atom is 0.104 e. The second kappa shape index (κ2) is 7.77. The fourth-order valence-electron chi connectivity index (χ4n) is 2.24. The number of aliphatic hydroxyl groups is 1. The Morgan fingerprint density at radius 1 is 1.00 bits per heavy atom. The van der Waals surface area contributed by atoms with Crippen LogP contribution in [-0.2, 0) is 0 Å². The highest BCUT2D eigenvalue weighted by Crippen LogP contribution is 2.29. The number of hydrogen-bond acceptors (Lipinski definition) is 2. The summed E-state index contributed by atoms with van der Waals surface area (Å²) in [4.78, 5) is 0. The van der Waals surface area contributed by atoms with Gasteiger partial charge in [-0.2, -0.15) is 0 Å². The molecule has 0 bridgehead atoms. The van der Waals surface area contributed by atoms with Gasteiger partial charge in [-0.05, 0) is 16.7 Å². The highest BCUT2D eigenvalue weighted by atomic mass is 16.3. The van der Waals surface area contributed by atoms with Crippen LogP contribution < -0.4 is 5.32 Å². The number of rotatable bonds is 6. The molecule has 0 aliphatic heterocycles. The minimum atomic E-state index is -0.609. The van der Waals surface area contributed by atoms with E-state index in [2.05, 4.69) is 25.2 Å². The highest BCUT2D eigenvalue weighted by molar-refractivity contribution is 5.70. The zero-order valence-electron chi connectivity index (χ0n) is 12.7. The molecule has 0 spiro atoms. The lowest BCUT2D eigenvalue weighted by atomic mass is 9.95. The number of nitrogens with one attached hydrogen (secondary N) is 1. The molecule has 0 fully saturated rings. The SMILES string of the molecule is CC(C)NCC=C(c1ccccc1)C(O)c1ccccc1. The Hall–Kier alpha value is -1.90. The first kappa shape index (κ1) is 15.5. The predicted octanol–water partition coefficient (Wildman–Crippen LogP) is 3.80. The van der Waals surface area contributed by atoms with Crippen LogP contribution in [0.15, 0.2) is 66.7 Å². The zero-order valence-corrected chi connectivity index (χ0v) is 12.7. The van der Waals surface area contributed by atoms with Crippen molar-refractivity contribution in [2.24, 2.45) is 0 Å². The maximum absolute atomic E-state index is 10.7. The van der Waals surface area contributed by atoms with Gasteiger partial charge in [-0.1, -0.05) is 80.6 Å². The van der Waals surface area contributed by atoms with Gasteiger partial charge in [0.25, 0.3) is 0 Å². The summed E-state index contributed by atoms with van der Waals surface area (Å²) in [5.74, 6) is 0. The van der Waals surface area contributed by atoms with Gasteiger partial charge in [-0.3, -0.25) is 0 Å². The fourth-order valence-corrected chi connectivity index (χ4v) is 2.24. The van der Waals surface area contributed by atoms with Crippen molar-refractivity contribution in [3.8, 4) is 0 Å². The van der Waals surface area contributed by atoms with Crippen LogP contribution in [0.5, 0.6) is 0 Å². The molecule has 0 heterocycles. The third-order valence-electron chi connectivity index (χ3n) is 3.37. The second-order valence-electron chi connectivity index (χ2n) is 5.40. The summed E-state index contributed by atoms with van der Waals surface area (Å²) in [6.07, 6.45) is 1.47. The fraction of sp³-hybridized carbons (Fsp3) is 0.263. The topological polar surface area (TPSA) is 32.3 Å². The van der Waals surface area contributed by atoms with Crippen LogP contribution in [0.2, 0.25) is 0 Å². The lowest BCUT2D eigenvalue weighted by molar-refractivity contribution is 0.238. The first-order valence-corrected chi connectivity index (χ1v) is 7.40. The smallest absolute Gasteiger partial charge is 0.104 e. The van der Waals surface area contributed by atoms with E-state index in [4.69, 9.17) is 0 Å². The third kappa shape index (κ3) is 4.55. The molecular formula is C19H23NO. The molecule has 1 atom stereocenters. The Morgan fingerprint density at radius 3 is 2.14 bits per heavy atom. The second-order valence-corrected chi connectivity index (χ2v) is 5.40. The van der Waals surface area contributed by atoms with Gasteiger partial charge in [-0.25, -0.2) is 0 Å². The van der Waals surface area contributed by atoms with Gasteiger partial charge >= 0.3 is 0 Å². The normalized spacial score (nSPS) is 13.4. The largest absolute Gasteiger partial charge is 0.384 e. The van der Waals surface area contributed by atoms with Crippen molar-refractivity contribution in [1.29, 1.82) is 0 Å². The molecular weight excluding hydrogens is 258 g/mol. The first-order valence-electron chi connectivity index (χ1n) is 7.40. The Morgan fingerprint density at radius 2 is 1.57 bits per heavy atom. The first-order chi connectivity index (χ1) is 10.2. The van der Waals surface area contributed by atoms with Gasteiger partial charge in [0.1, 0.15) is 6.10 Å². The monoisotopic (exact) mass is 281 g/mol. The van der Waals surface area contributed by atoms with Crippen LogP contribution in [0.25, 0.3) is 5.57 Å². The van der Waals surface area contributed by atoms with E-state index in [-0.39, 0.29) is 0 Å². The average Bonchev–Trinajstić information content (AvgIpc) is 2.52. The quantitative estimate of drug-likeness (QED) is 0.844. The van der Waals surface area contributed by atoms with E-state index in [1.807, 2.05) is 60.7 Å². The lowest BCUT2D eigenvalue weighted by Gasteiger charge is -2.17. The minimum absolute atomic E-state index is 0.423. The minimum Gasteiger partial charge on any atom is -0.384 e. The average molecular weight is 281 g/mol. The summed E-state index contributed by atoms with van der Waals surface area (Å²) in [5, 5.41) is 14.1. The molecule has 2 rings (SSSR count). The molecule has 2 heteroatoms. The van der Waals surface area contributed by atoms with Crippen LogP contribution in [0.1, 0.15) is 31.1 Å². The van der Waals surface area contributed by atoms with E-state index in [0.717, 1.165) is 23.2 Å². The van der Waals surface area contributed by atoms with Crippen LogP contribution in [0.3, 0.4) is 0 Å². The summed E-state index contributed by atoms with van der Waals surface area (Å²) >= 11 is 0. The van der Waals surface area contributed by atoms with Crippen molar-refractivity contribution in [2.75, 3.05) is 6.54 Å². The van der Waals surface area contributed by atoms with Crippen molar-refractivity contribution in [2.45, 2.75) is 26.0 Å². The van der Waals surface area contributed by atoms with Crippen molar-refractivity contribution < 1.29 is 5.11 Å². The van der Waals surface area contributed by atoms with Gasteiger partial charge < -0.3 is 10.4 Å². The molecule has 0 aromatic heterocycles. The molecule has 0 saturated carbocycles. The Labute approximate surface area is 127 Å². The number of aliphatic hydroxyl groups excluding tert-OH is 1. The van der Waals surface area contributed by atoms with Crippen molar-refractivity contribution in [3.05, 3.63) is 77.9 Å². The van der Waals surface area contributed by atoms with Crippen molar-refractivity contribution >= 4 is 5.57 Å². The molecule has 0 saturated heterocycles. The Balaban J connectivity index is 2.28. The zero-order chi connectivity index (χ0) is 15.1. The molecule has 2 aromatic rings. The van der Waals surface area contributed by atoms with Gasteiger partial charge in [0.2, 0.25) is 0 Å². The molecule has 0 radical (unpaired) electrons. The molecule has 2 aromatic carbocycles. The molecule has 0 aliphatic carbocycles. The standard InChI is InChI=1S/C19H23NO/c1-15(2)20-14-13-18(16-9-5-3-6-10-16)19(21)17-11-7-4-8-12-17/h3-13,15,19-21H,14H2,1-2H3. The van der Waals surface area contributed by atoms with Gasteiger partial charge in [0.05, 0.1) is 0 Å². The molecule has 21 heavy (non-hydrogen) atoms. The summed E-state index contributed by atoms with van der Waals surface area (Å²) in [6.45, 7) is 4.97.